The van der Waals surface area contributed by atoms with Crippen LogP contribution in [0.2, 0.25) is 0 Å². The maximum atomic E-state index is 12.2. The van der Waals surface area contributed by atoms with Gasteiger partial charge in [0.1, 0.15) is 5.69 Å². The summed E-state index contributed by atoms with van der Waals surface area (Å²) in [7, 11) is 4.09. The highest BCUT2D eigenvalue weighted by molar-refractivity contribution is 6.03. The summed E-state index contributed by atoms with van der Waals surface area (Å²) in [4.78, 5) is 18.5. The van der Waals surface area contributed by atoms with Gasteiger partial charge in [0.15, 0.2) is 0 Å². The fraction of sp³-hybridized carbons (Fsp3) is 0.278. The normalized spacial score (nSPS) is 10.2. The molecule has 0 aliphatic carbocycles. The minimum absolute atomic E-state index is 0.302. The van der Waals surface area contributed by atoms with E-state index in [0.717, 1.165) is 25.2 Å². The molecule has 6 nitrogen and oxygen atoms in total. The topological polar surface area (TPSA) is 81.0 Å². The molecular weight excluding hydrogens is 302 g/mol. The fourth-order valence-corrected chi connectivity index (χ4v) is 2.12. The molecule has 0 spiro atoms. The maximum Gasteiger partial charge on any atom is 0.274 e. The molecule has 0 radical (unpaired) electrons. The van der Waals surface area contributed by atoms with Crippen LogP contribution in [0.5, 0.6) is 0 Å². The Balaban J connectivity index is 1.90. The van der Waals surface area contributed by atoms with Gasteiger partial charge in [0.05, 0.1) is 23.5 Å². The average Bonchev–Trinajstić information content (AvgIpc) is 2.59. The van der Waals surface area contributed by atoms with E-state index in [0.29, 0.717) is 16.9 Å². The van der Waals surface area contributed by atoms with Crippen molar-refractivity contribution in [3.05, 3.63) is 53.9 Å². The molecule has 1 heterocycles. The maximum absolute atomic E-state index is 12.2. The Morgan fingerprint density at radius 2 is 2.08 bits per heavy atom. The third-order valence-electron chi connectivity index (χ3n) is 3.36. The van der Waals surface area contributed by atoms with E-state index in [9.17, 15) is 4.79 Å². The van der Waals surface area contributed by atoms with E-state index < -0.39 is 0 Å². The number of nitriles is 1. The van der Waals surface area contributed by atoms with Crippen molar-refractivity contribution in [2.75, 3.05) is 37.8 Å². The highest BCUT2D eigenvalue weighted by Crippen LogP contribution is 2.12. The van der Waals surface area contributed by atoms with Crippen LogP contribution >= 0.6 is 0 Å². The molecule has 0 atom stereocenters. The summed E-state index contributed by atoms with van der Waals surface area (Å²) in [6.07, 6.45) is 2.68. The van der Waals surface area contributed by atoms with Crippen LogP contribution in [-0.4, -0.2) is 43.0 Å². The van der Waals surface area contributed by atoms with Gasteiger partial charge in [-0.25, -0.2) is 4.98 Å². The van der Waals surface area contributed by atoms with Crippen LogP contribution in [0, 0.1) is 11.3 Å². The average molecular weight is 323 g/mol. The second-order valence-electron chi connectivity index (χ2n) is 5.66. The van der Waals surface area contributed by atoms with Crippen molar-refractivity contribution < 1.29 is 4.79 Å². The molecule has 2 aromatic rings. The zero-order valence-electron chi connectivity index (χ0n) is 13.9. The summed E-state index contributed by atoms with van der Waals surface area (Å²) in [5.74, 6) is -0.302. The third-order valence-corrected chi connectivity index (χ3v) is 3.36. The van der Waals surface area contributed by atoms with E-state index in [2.05, 4.69) is 20.5 Å². The quantitative estimate of drug-likeness (QED) is 0.765. The summed E-state index contributed by atoms with van der Waals surface area (Å²) in [5, 5.41) is 14.9. The molecule has 1 aromatic heterocycles. The minimum Gasteiger partial charge on any atom is -0.384 e. The molecule has 0 fully saturated rings. The number of nitrogens with zero attached hydrogens (tertiary/aromatic N) is 3. The molecule has 0 saturated carbocycles. The van der Waals surface area contributed by atoms with Crippen LogP contribution < -0.4 is 10.6 Å². The molecule has 0 aliphatic rings. The van der Waals surface area contributed by atoms with Crippen molar-refractivity contribution in [2.45, 2.75) is 6.42 Å². The lowest BCUT2D eigenvalue weighted by Gasteiger charge is -2.10. The van der Waals surface area contributed by atoms with Crippen molar-refractivity contribution in [2.24, 2.45) is 0 Å². The molecule has 0 aliphatic heterocycles. The highest BCUT2D eigenvalue weighted by Gasteiger charge is 2.08. The predicted molar refractivity (Wildman–Crippen MR) is 95.0 cm³/mol. The lowest BCUT2D eigenvalue weighted by atomic mass is 10.2. The van der Waals surface area contributed by atoms with Gasteiger partial charge in [0, 0.05) is 12.2 Å². The lowest BCUT2D eigenvalue weighted by Crippen LogP contribution is -2.16. The molecule has 0 unspecified atom stereocenters. The second kappa shape index (κ2) is 8.65. The van der Waals surface area contributed by atoms with Crippen molar-refractivity contribution in [1.82, 2.24) is 9.88 Å². The summed E-state index contributed by atoms with van der Waals surface area (Å²) in [6.45, 7) is 1.87. The van der Waals surface area contributed by atoms with Gasteiger partial charge in [-0.3, -0.25) is 4.79 Å². The van der Waals surface area contributed by atoms with Crippen LogP contribution in [-0.2, 0) is 0 Å². The SMILES string of the molecule is CN(C)CCCNc1ccc(C(=O)Nc2cccc(C#N)c2)nc1. The molecule has 1 aromatic carbocycles. The number of carbonyl (C=O) groups is 1. The molecule has 0 saturated heterocycles. The number of amides is 1. The first-order valence-electron chi connectivity index (χ1n) is 7.74. The Morgan fingerprint density at radius 1 is 1.25 bits per heavy atom. The number of benzene rings is 1. The predicted octanol–water partition coefficient (Wildman–Crippen LogP) is 2.57. The first-order valence-corrected chi connectivity index (χ1v) is 7.74. The molecular formula is C18H21N5O. The van der Waals surface area contributed by atoms with Crippen LogP contribution in [0.15, 0.2) is 42.6 Å². The van der Waals surface area contributed by atoms with Gasteiger partial charge in [0.25, 0.3) is 5.91 Å². The van der Waals surface area contributed by atoms with Crippen molar-refractivity contribution in [3.8, 4) is 6.07 Å². The van der Waals surface area contributed by atoms with Crippen LogP contribution in [0.25, 0.3) is 0 Å². The Labute approximate surface area is 142 Å². The molecule has 24 heavy (non-hydrogen) atoms. The van der Waals surface area contributed by atoms with E-state index in [1.54, 1.807) is 36.5 Å². The molecule has 0 bridgehead atoms. The monoisotopic (exact) mass is 323 g/mol. The van der Waals surface area contributed by atoms with Gasteiger partial charge in [-0.05, 0) is 57.4 Å². The first kappa shape index (κ1) is 17.4. The minimum atomic E-state index is -0.302. The Kier molecular flexibility index (Phi) is 6.29. The van der Waals surface area contributed by atoms with Crippen LogP contribution in [0.1, 0.15) is 22.5 Å². The number of rotatable bonds is 7. The first-order chi connectivity index (χ1) is 11.6. The molecule has 2 rings (SSSR count). The number of hydrogen-bond donors (Lipinski definition) is 2. The number of aromatic nitrogens is 1. The number of nitrogens with one attached hydrogen (secondary N) is 2. The number of hydrogen-bond acceptors (Lipinski definition) is 5. The van der Waals surface area contributed by atoms with E-state index >= 15 is 0 Å². The van der Waals surface area contributed by atoms with Gasteiger partial charge in [0.2, 0.25) is 0 Å². The van der Waals surface area contributed by atoms with Crippen LogP contribution in [0.3, 0.4) is 0 Å². The van der Waals surface area contributed by atoms with Gasteiger partial charge in [-0.1, -0.05) is 6.07 Å². The van der Waals surface area contributed by atoms with Crippen molar-refractivity contribution in [1.29, 1.82) is 5.26 Å². The molecule has 124 valence electrons. The van der Waals surface area contributed by atoms with Gasteiger partial charge < -0.3 is 15.5 Å². The van der Waals surface area contributed by atoms with Crippen molar-refractivity contribution in [3.63, 3.8) is 0 Å². The van der Waals surface area contributed by atoms with E-state index in [-0.39, 0.29) is 5.91 Å². The summed E-state index contributed by atoms with van der Waals surface area (Å²) in [6, 6.07) is 12.3. The Hall–Kier alpha value is -2.91. The molecule has 1 amide bonds. The summed E-state index contributed by atoms with van der Waals surface area (Å²) in [5.41, 5.74) is 2.29. The zero-order chi connectivity index (χ0) is 17.4. The number of anilines is 2. The standard InChI is InChI=1S/C18H21N5O/c1-23(2)10-4-9-20-16-7-8-17(21-13-16)18(24)22-15-6-3-5-14(11-15)12-19/h3,5-8,11,13,20H,4,9-10H2,1-2H3,(H,22,24). The molecule has 6 heteroatoms. The van der Waals surface area contributed by atoms with Crippen LogP contribution in [0.4, 0.5) is 11.4 Å². The second-order valence-corrected chi connectivity index (χ2v) is 5.66. The largest absolute Gasteiger partial charge is 0.384 e. The van der Waals surface area contributed by atoms with Crippen molar-refractivity contribution >= 4 is 17.3 Å². The molecule has 2 N–H and O–H groups in total. The Morgan fingerprint density at radius 3 is 2.75 bits per heavy atom. The fourth-order valence-electron chi connectivity index (χ4n) is 2.12. The third kappa shape index (κ3) is 5.38. The zero-order valence-corrected chi connectivity index (χ0v) is 13.9. The van der Waals surface area contributed by atoms with Gasteiger partial charge >= 0.3 is 0 Å². The number of pyridine rings is 1. The smallest absolute Gasteiger partial charge is 0.274 e. The lowest BCUT2D eigenvalue weighted by molar-refractivity contribution is 0.102. The summed E-state index contributed by atoms with van der Waals surface area (Å²) >= 11 is 0. The summed E-state index contributed by atoms with van der Waals surface area (Å²) < 4.78 is 0. The number of carbonyl (C=O) groups excluding carboxylic acids is 1. The van der Waals surface area contributed by atoms with E-state index in [4.69, 9.17) is 5.26 Å². The highest BCUT2D eigenvalue weighted by atomic mass is 16.1. The van der Waals surface area contributed by atoms with E-state index in [1.807, 2.05) is 26.2 Å². The Bertz CT molecular complexity index is 719. The van der Waals surface area contributed by atoms with E-state index in [1.165, 1.54) is 0 Å². The van der Waals surface area contributed by atoms with Gasteiger partial charge in [-0.2, -0.15) is 5.26 Å². The van der Waals surface area contributed by atoms with Gasteiger partial charge in [-0.15, -0.1) is 0 Å².